The van der Waals surface area contributed by atoms with Crippen LogP contribution in [0.3, 0.4) is 0 Å². The highest BCUT2D eigenvalue weighted by molar-refractivity contribution is 5.81. The van der Waals surface area contributed by atoms with E-state index in [0.717, 1.165) is 44.9 Å². The fourth-order valence-corrected chi connectivity index (χ4v) is 3.83. The Kier molecular flexibility index (Phi) is 4.08. The van der Waals surface area contributed by atoms with Gasteiger partial charge in [0.15, 0.2) is 0 Å². The van der Waals surface area contributed by atoms with E-state index in [4.69, 9.17) is 4.74 Å². The minimum absolute atomic E-state index is 0.166. The summed E-state index contributed by atoms with van der Waals surface area (Å²) in [4.78, 5) is 14.5. The molecule has 0 saturated carbocycles. The maximum atomic E-state index is 12.4. The molecule has 3 heterocycles. The Balaban J connectivity index is 1.50. The maximum Gasteiger partial charge on any atom is 0.251 e. The van der Waals surface area contributed by atoms with Gasteiger partial charge in [-0.2, -0.15) is 0 Å². The molecule has 0 aromatic heterocycles. The molecule has 0 bridgehead atoms. The smallest absolute Gasteiger partial charge is 0.251 e. The highest BCUT2D eigenvalue weighted by Crippen LogP contribution is 2.28. The van der Waals surface area contributed by atoms with Crippen LogP contribution in [0.1, 0.15) is 39.0 Å². The first-order chi connectivity index (χ1) is 9.25. The standard InChI is InChI=1S/C15H26N2O2/c1-11-6-10-19-14(11)15(18)17-8-4-12(5-9-17)13-3-2-7-16-13/h11-14,16H,2-10H2,1H3. The van der Waals surface area contributed by atoms with Crippen LogP contribution in [0.5, 0.6) is 0 Å². The van der Waals surface area contributed by atoms with Crippen LogP contribution < -0.4 is 5.32 Å². The van der Waals surface area contributed by atoms with E-state index in [9.17, 15) is 4.79 Å². The molecule has 3 rings (SSSR count). The van der Waals surface area contributed by atoms with Crippen LogP contribution in [0.2, 0.25) is 0 Å². The van der Waals surface area contributed by atoms with Gasteiger partial charge in [-0.05, 0) is 50.5 Å². The number of hydrogen-bond donors (Lipinski definition) is 1. The zero-order valence-corrected chi connectivity index (χ0v) is 11.9. The molecule has 1 amide bonds. The zero-order valence-electron chi connectivity index (χ0n) is 11.9. The SMILES string of the molecule is CC1CCOC1C(=O)N1CCC(C2CCCN2)CC1. The molecule has 108 valence electrons. The minimum Gasteiger partial charge on any atom is -0.368 e. The number of piperidine rings is 1. The number of ether oxygens (including phenoxy) is 1. The second-order valence-corrected chi connectivity index (χ2v) is 6.42. The van der Waals surface area contributed by atoms with Crippen molar-refractivity contribution in [3.8, 4) is 0 Å². The Hall–Kier alpha value is -0.610. The fourth-order valence-electron chi connectivity index (χ4n) is 3.83. The third-order valence-corrected chi connectivity index (χ3v) is 5.15. The number of amides is 1. The Labute approximate surface area is 115 Å². The lowest BCUT2D eigenvalue weighted by molar-refractivity contribution is -0.144. The summed E-state index contributed by atoms with van der Waals surface area (Å²) in [7, 11) is 0. The second-order valence-electron chi connectivity index (χ2n) is 6.42. The molecule has 1 N–H and O–H groups in total. The van der Waals surface area contributed by atoms with E-state index < -0.39 is 0 Å². The van der Waals surface area contributed by atoms with Crippen molar-refractivity contribution in [1.82, 2.24) is 10.2 Å². The summed E-state index contributed by atoms with van der Waals surface area (Å²) in [5.41, 5.74) is 0. The van der Waals surface area contributed by atoms with Crippen molar-refractivity contribution in [1.29, 1.82) is 0 Å². The van der Waals surface area contributed by atoms with Gasteiger partial charge in [-0.25, -0.2) is 0 Å². The van der Waals surface area contributed by atoms with Crippen LogP contribution in [-0.2, 0) is 9.53 Å². The number of carbonyl (C=O) groups is 1. The lowest BCUT2D eigenvalue weighted by atomic mass is 9.88. The lowest BCUT2D eigenvalue weighted by Gasteiger charge is -2.36. The number of rotatable bonds is 2. The molecular weight excluding hydrogens is 240 g/mol. The van der Waals surface area contributed by atoms with E-state index >= 15 is 0 Å². The van der Waals surface area contributed by atoms with E-state index in [0.29, 0.717) is 12.0 Å². The summed E-state index contributed by atoms with van der Waals surface area (Å²) in [5, 5.41) is 3.60. The molecule has 4 heteroatoms. The molecule has 3 atom stereocenters. The molecule has 3 fully saturated rings. The zero-order chi connectivity index (χ0) is 13.2. The predicted octanol–water partition coefficient (Wildman–Crippen LogP) is 1.40. The van der Waals surface area contributed by atoms with E-state index in [2.05, 4.69) is 12.2 Å². The first-order valence-electron chi connectivity index (χ1n) is 7.89. The van der Waals surface area contributed by atoms with Crippen LogP contribution in [0.25, 0.3) is 0 Å². The van der Waals surface area contributed by atoms with Crippen molar-refractivity contribution in [2.24, 2.45) is 11.8 Å². The van der Waals surface area contributed by atoms with Crippen LogP contribution in [0, 0.1) is 11.8 Å². The number of hydrogen-bond acceptors (Lipinski definition) is 3. The predicted molar refractivity (Wildman–Crippen MR) is 73.8 cm³/mol. The van der Waals surface area contributed by atoms with Gasteiger partial charge in [-0.15, -0.1) is 0 Å². The summed E-state index contributed by atoms with van der Waals surface area (Å²) in [6, 6.07) is 0.707. The monoisotopic (exact) mass is 266 g/mol. The summed E-state index contributed by atoms with van der Waals surface area (Å²) >= 11 is 0. The van der Waals surface area contributed by atoms with Gasteiger partial charge in [0, 0.05) is 25.7 Å². The summed E-state index contributed by atoms with van der Waals surface area (Å²) in [6.07, 6.45) is 5.81. The molecule has 0 aliphatic carbocycles. The molecule has 4 nitrogen and oxygen atoms in total. The molecule has 0 radical (unpaired) electrons. The number of nitrogens with zero attached hydrogens (tertiary/aromatic N) is 1. The third kappa shape index (κ3) is 2.79. The molecule has 3 unspecified atom stereocenters. The Morgan fingerprint density at radius 2 is 2.00 bits per heavy atom. The quantitative estimate of drug-likeness (QED) is 0.821. The van der Waals surface area contributed by atoms with Gasteiger partial charge in [-0.1, -0.05) is 6.92 Å². The first-order valence-corrected chi connectivity index (χ1v) is 7.89. The molecule has 0 aromatic rings. The van der Waals surface area contributed by atoms with Gasteiger partial charge in [0.1, 0.15) is 6.10 Å². The number of nitrogens with one attached hydrogen (secondary N) is 1. The normalized spacial score (nSPS) is 36.9. The Bertz CT molecular complexity index is 320. The van der Waals surface area contributed by atoms with Gasteiger partial charge in [-0.3, -0.25) is 4.79 Å². The van der Waals surface area contributed by atoms with Crippen molar-refractivity contribution in [3.05, 3.63) is 0 Å². The fraction of sp³-hybridized carbons (Fsp3) is 0.933. The van der Waals surface area contributed by atoms with Gasteiger partial charge < -0.3 is 15.0 Å². The molecule has 3 aliphatic rings. The molecule has 0 aromatic carbocycles. The number of carbonyl (C=O) groups excluding carboxylic acids is 1. The van der Waals surface area contributed by atoms with Crippen LogP contribution in [-0.4, -0.2) is 49.2 Å². The average Bonchev–Trinajstić information content (AvgIpc) is 3.09. The minimum atomic E-state index is -0.166. The van der Waals surface area contributed by atoms with Gasteiger partial charge in [0.05, 0.1) is 0 Å². The van der Waals surface area contributed by atoms with Crippen LogP contribution in [0.4, 0.5) is 0 Å². The van der Waals surface area contributed by atoms with Gasteiger partial charge in [0.25, 0.3) is 5.91 Å². The average molecular weight is 266 g/mol. The molecule has 19 heavy (non-hydrogen) atoms. The highest BCUT2D eigenvalue weighted by atomic mass is 16.5. The number of likely N-dealkylation sites (tertiary alicyclic amines) is 1. The van der Waals surface area contributed by atoms with E-state index in [1.165, 1.54) is 19.4 Å². The molecule has 3 saturated heterocycles. The molecule has 3 aliphatic heterocycles. The molecule has 0 spiro atoms. The second kappa shape index (κ2) is 5.80. The largest absolute Gasteiger partial charge is 0.368 e. The van der Waals surface area contributed by atoms with Crippen molar-refractivity contribution in [2.75, 3.05) is 26.2 Å². The first kappa shape index (κ1) is 13.4. The van der Waals surface area contributed by atoms with Crippen LogP contribution in [0.15, 0.2) is 0 Å². The summed E-state index contributed by atoms with van der Waals surface area (Å²) in [6.45, 7) is 5.91. The van der Waals surface area contributed by atoms with Crippen molar-refractivity contribution >= 4 is 5.91 Å². The summed E-state index contributed by atoms with van der Waals surface area (Å²) in [5.74, 6) is 1.40. The topological polar surface area (TPSA) is 41.6 Å². The van der Waals surface area contributed by atoms with Gasteiger partial charge >= 0.3 is 0 Å². The van der Waals surface area contributed by atoms with E-state index in [-0.39, 0.29) is 12.0 Å². The van der Waals surface area contributed by atoms with Gasteiger partial charge in [0.2, 0.25) is 0 Å². The highest BCUT2D eigenvalue weighted by Gasteiger charge is 2.36. The lowest BCUT2D eigenvalue weighted by Crippen LogP contribution is -2.47. The third-order valence-electron chi connectivity index (χ3n) is 5.15. The Morgan fingerprint density at radius 3 is 2.58 bits per heavy atom. The summed E-state index contributed by atoms with van der Waals surface area (Å²) < 4.78 is 5.60. The van der Waals surface area contributed by atoms with Crippen molar-refractivity contribution in [3.63, 3.8) is 0 Å². The molecular formula is C15H26N2O2. The maximum absolute atomic E-state index is 12.4. The Morgan fingerprint density at radius 1 is 1.21 bits per heavy atom. The van der Waals surface area contributed by atoms with Crippen molar-refractivity contribution in [2.45, 2.75) is 51.2 Å². The van der Waals surface area contributed by atoms with E-state index in [1.807, 2.05) is 4.90 Å². The van der Waals surface area contributed by atoms with Crippen molar-refractivity contribution < 1.29 is 9.53 Å². The van der Waals surface area contributed by atoms with Crippen LogP contribution >= 0.6 is 0 Å². The van der Waals surface area contributed by atoms with E-state index in [1.54, 1.807) is 0 Å².